The number of hydrogen-bond acceptors (Lipinski definition) is 5. The van der Waals surface area contributed by atoms with Gasteiger partial charge in [-0.3, -0.25) is 19.5 Å². The maximum atomic E-state index is 12.8. The van der Waals surface area contributed by atoms with Crippen LogP contribution in [0.15, 0.2) is 29.1 Å². The Hall–Kier alpha value is -2.97. The van der Waals surface area contributed by atoms with Gasteiger partial charge in [0.05, 0.1) is 4.92 Å². The molecule has 2 fully saturated rings. The summed E-state index contributed by atoms with van der Waals surface area (Å²) in [4.78, 5) is 37.6. The molecule has 0 radical (unpaired) electrons. The van der Waals surface area contributed by atoms with Crippen LogP contribution in [0.3, 0.4) is 0 Å². The molecule has 9 heteroatoms. The van der Waals surface area contributed by atoms with Crippen LogP contribution in [0.4, 0.5) is 5.69 Å². The van der Waals surface area contributed by atoms with Crippen molar-refractivity contribution in [2.45, 2.75) is 50.5 Å². The second-order valence-electron chi connectivity index (χ2n) is 7.95. The molecule has 1 saturated carbocycles. The van der Waals surface area contributed by atoms with Crippen molar-refractivity contribution in [3.05, 3.63) is 56.3 Å². The summed E-state index contributed by atoms with van der Waals surface area (Å²) in [6, 6.07) is 6.08. The van der Waals surface area contributed by atoms with E-state index in [0.29, 0.717) is 18.7 Å². The Morgan fingerprint density at radius 3 is 2.52 bits per heavy atom. The zero-order valence-electron chi connectivity index (χ0n) is 16.5. The van der Waals surface area contributed by atoms with Crippen molar-refractivity contribution in [1.29, 1.82) is 0 Å². The minimum atomic E-state index is -0.494. The first kappa shape index (κ1) is 19.4. The van der Waals surface area contributed by atoms with Gasteiger partial charge in [0.15, 0.2) is 0 Å². The second kappa shape index (κ2) is 7.81. The molecule has 0 N–H and O–H groups in total. The number of likely N-dealkylation sites (tertiary alicyclic amines) is 1. The number of aryl methyl sites for hydroxylation is 1. The summed E-state index contributed by atoms with van der Waals surface area (Å²) in [5.41, 5.74) is 0.195. The third-order valence-electron chi connectivity index (χ3n) is 6.12. The molecule has 4 rings (SSSR count). The molecule has 154 valence electrons. The summed E-state index contributed by atoms with van der Waals surface area (Å²) in [5.74, 6) is 0.784. The molecule has 9 nitrogen and oxygen atoms in total. The number of nitro benzene ring substituents is 1. The standard InChI is InChI=1S/C20H25N5O4/c1-22-20(27)24(16-6-2-3-7-16)18(21-22)14-9-11-23(12-10-14)19(26)15-5-4-8-17(13-15)25(28)29/h4-5,8,13-14,16H,2-3,6-7,9-12H2,1H3. The summed E-state index contributed by atoms with van der Waals surface area (Å²) in [6.45, 7) is 1.09. The van der Waals surface area contributed by atoms with Gasteiger partial charge in [-0.15, -0.1) is 0 Å². The third-order valence-corrected chi connectivity index (χ3v) is 6.12. The van der Waals surface area contributed by atoms with Crippen LogP contribution >= 0.6 is 0 Å². The van der Waals surface area contributed by atoms with Gasteiger partial charge in [0.25, 0.3) is 11.6 Å². The van der Waals surface area contributed by atoms with Crippen LogP contribution in [0.5, 0.6) is 0 Å². The van der Waals surface area contributed by atoms with Crippen molar-refractivity contribution in [3.8, 4) is 0 Å². The molecule has 1 aliphatic heterocycles. The van der Waals surface area contributed by atoms with E-state index >= 15 is 0 Å². The first-order chi connectivity index (χ1) is 14.0. The van der Waals surface area contributed by atoms with Gasteiger partial charge in [-0.25, -0.2) is 9.48 Å². The van der Waals surface area contributed by atoms with Gasteiger partial charge in [-0.05, 0) is 31.7 Å². The Morgan fingerprint density at radius 2 is 1.86 bits per heavy atom. The van der Waals surface area contributed by atoms with Gasteiger partial charge < -0.3 is 4.90 Å². The van der Waals surface area contributed by atoms with Crippen LogP contribution < -0.4 is 5.69 Å². The Morgan fingerprint density at radius 1 is 1.17 bits per heavy atom. The van der Waals surface area contributed by atoms with Crippen molar-refractivity contribution in [2.75, 3.05) is 13.1 Å². The monoisotopic (exact) mass is 399 g/mol. The Labute approximate surface area is 168 Å². The van der Waals surface area contributed by atoms with E-state index in [2.05, 4.69) is 5.10 Å². The number of rotatable bonds is 4. The first-order valence-electron chi connectivity index (χ1n) is 10.1. The second-order valence-corrected chi connectivity index (χ2v) is 7.95. The molecular weight excluding hydrogens is 374 g/mol. The first-order valence-corrected chi connectivity index (χ1v) is 10.1. The van der Waals surface area contributed by atoms with E-state index < -0.39 is 4.92 Å². The highest BCUT2D eigenvalue weighted by atomic mass is 16.6. The average molecular weight is 399 g/mol. The maximum absolute atomic E-state index is 12.8. The molecule has 2 heterocycles. The molecule has 1 aromatic carbocycles. The van der Waals surface area contributed by atoms with E-state index in [-0.39, 0.29) is 29.2 Å². The SMILES string of the molecule is Cn1nc(C2CCN(C(=O)c3cccc([N+](=O)[O-])c3)CC2)n(C2CCCC2)c1=O. The molecule has 1 aliphatic carbocycles. The number of nitrogens with zero attached hydrogens (tertiary/aromatic N) is 5. The number of amides is 1. The van der Waals surface area contributed by atoms with Gasteiger partial charge >= 0.3 is 5.69 Å². The Balaban J connectivity index is 1.48. The number of carbonyl (C=O) groups excluding carboxylic acids is 1. The molecule has 0 bridgehead atoms. The highest BCUT2D eigenvalue weighted by molar-refractivity contribution is 5.94. The van der Waals surface area contributed by atoms with E-state index in [9.17, 15) is 19.7 Å². The predicted molar refractivity (Wildman–Crippen MR) is 106 cm³/mol. The smallest absolute Gasteiger partial charge is 0.339 e. The maximum Gasteiger partial charge on any atom is 0.345 e. The largest absolute Gasteiger partial charge is 0.345 e. The van der Waals surface area contributed by atoms with E-state index in [4.69, 9.17) is 0 Å². The summed E-state index contributed by atoms with van der Waals surface area (Å²) in [6.07, 6.45) is 5.77. The number of hydrogen-bond donors (Lipinski definition) is 0. The molecule has 0 spiro atoms. The number of aromatic nitrogens is 3. The van der Waals surface area contributed by atoms with E-state index in [1.54, 1.807) is 18.0 Å². The van der Waals surface area contributed by atoms with E-state index in [1.165, 1.54) is 22.9 Å². The lowest BCUT2D eigenvalue weighted by Crippen LogP contribution is -2.38. The summed E-state index contributed by atoms with van der Waals surface area (Å²) in [5, 5.41) is 15.5. The van der Waals surface area contributed by atoms with Crippen molar-refractivity contribution in [1.82, 2.24) is 19.2 Å². The lowest BCUT2D eigenvalue weighted by molar-refractivity contribution is -0.384. The van der Waals surface area contributed by atoms with Crippen LogP contribution in [-0.4, -0.2) is 43.2 Å². The summed E-state index contributed by atoms with van der Waals surface area (Å²) in [7, 11) is 1.69. The summed E-state index contributed by atoms with van der Waals surface area (Å²) < 4.78 is 3.31. The molecule has 29 heavy (non-hydrogen) atoms. The van der Waals surface area contributed by atoms with Crippen LogP contribution in [0, 0.1) is 10.1 Å². The zero-order chi connectivity index (χ0) is 20.5. The van der Waals surface area contributed by atoms with Gasteiger partial charge in [-0.2, -0.15) is 5.10 Å². The minimum Gasteiger partial charge on any atom is -0.339 e. The lowest BCUT2D eigenvalue weighted by atomic mass is 9.95. The van der Waals surface area contributed by atoms with Gasteiger partial charge in [-0.1, -0.05) is 18.9 Å². The Bertz CT molecular complexity index is 981. The van der Waals surface area contributed by atoms with Crippen LogP contribution in [0.2, 0.25) is 0 Å². The summed E-state index contributed by atoms with van der Waals surface area (Å²) >= 11 is 0. The van der Waals surface area contributed by atoms with Crippen LogP contribution in [0.25, 0.3) is 0 Å². The fourth-order valence-electron chi connectivity index (χ4n) is 4.56. The molecule has 2 aromatic rings. The van der Waals surface area contributed by atoms with Crippen molar-refractivity contribution in [3.63, 3.8) is 0 Å². The highest BCUT2D eigenvalue weighted by Gasteiger charge is 2.31. The molecule has 1 saturated heterocycles. The van der Waals surface area contributed by atoms with Gasteiger partial charge in [0, 0.05) is 49.8 Å². The zero-order valence-corrected chi connectivity index (χ0v) is 16.5. The van der Waals surface area contributed by atoms with Crippen LogP contribution in [-0.2, 0) is 7.05 Å². The van der Waals surface area contributed by atoms with Crippen molar-refractivity contribution in [2.24, 2.45) is 7.05 Å². The molecule has 1 aromatic heterocycles. The predicted octanol–water partition coefficient (Wildman–Crippen LogP) is 2.62. The number of piperidine rings is 1. The molecule has 1 amide bonds. The van der Waals surface area contributed by atoms with Gasteiger partial charge in [0.1, 0.15) is 5.82 Å². The fourth-order valence-corrected chi connectivity index (χ4v) is 4.56. The number of carbonyl (C=O) groups is 1. The third kappa shape index (κ3) is 3.68. The van der Waals surface area contributed by atoms with E-state index in [0.717, 1.165) is 44.3 Å². The lowest BCUT2D eigenvalue weighted by Gasteiger charge is -2.32. The fraction of sp³-hybridized carbons (Fsp3) is 0.550. The normalized spacial score (nSPS) is 18.3. The van der Waals surface area contributed by atoms with Crippen LogP contribution in [0.1, 0.15) is 66.7 Å². The molecule has 2 aliphatic rings. The quantitative estimate of drug-likeness (QED) is 0.581. The highest BCUT2D eigenvalue weighted by Crippen LogP contribution is 2.33. The number of nitro groups is 1. The molecule has 0 atom stereocenters. The molecule has 0 unspecified atom stereocenters. The Kier molecular flexibility index (Phi) is 5.21. The van der Waals surface area contributed by atoms with E-state index in [1.807, 2.05) is 4.57 Å². The minimum absolute atomic E-state index is 0.0537. The van der Waals surface area contributed by atoms with Crippen molar-refractivity contribution < 1.29 is 9.72 Å². The van der Waals surface area contributed by atoms with Crippen molar-refractivity contribution >= 4 is 11.6 Å². The average Bonchev–Trinajstić information content (AvgIpc) is 3.36. The number of benzene rings is 1. The van der Waals surface area contributed by atoms with Gasteiger partial charge in [0.2, 0.25) is 0 Å². The topological polar surface area (TPSA) is 103 Å². The number of non-ortho nitro benzene ring substituents is 1. The molecular formula is C20H25N5O4.